The van der Waals surface area contributed by atoms with E-state index in [0.717, 1.165) is 22.0 Å². The summed E-state index contributed by atoms with van der Waals surface area (Å²) in [6, 6.07) is 21.5. The Morgan fingerprint density at radius 1 is 1.07 bits per heavy atom. The van der Waals surface area contributed by atoms with Crippen molar-refractivity contribution < 1.29 is 9.53 Å². The third-order valence-electron chi connectivity index (χ3n) is 4.49. The second kappa shape index (κ2) is 9.37. The van der Waals surface area contributed by atoms with E-state index in [1.807, 2.05) is 84.5 Å². The van der Waals surface area contributed by atoms with Gasteiger partial charge >= 0.3 is 0 Å². The Morgan fingerprint density at radius 3 is 2.57 bits per heavy atom. The lowest BCUT2D eigenvalue weighted by Crippen LogP contribution is -2.22. The number of amides is 1. The standard InChI is InChI=1S/C23H22N4O2S/c1-17-21(22(28)24-16-18-8-4-2-5-9-18)30-23(25-17)20-12-13-27(26-20)14-15-29-19-10-6-3-7-11-19/h2-13H,14-16H2,1H3,(H,24,28). The number of nitrogens with one attached hydrogen (secondary N) is 1. The molecule has 0 saturated heterocycles. The molecular formula is C23H22N4O2S. The van der Waals surface area contributed by atoms with Gasteiger partial charge in [0, 0.05) is 12.7 Å². The van der Waals surface area contributed by atoms with Crippen molar-refractivity contribution in [3.63, 3.8) is 0 Å². The molecule has 1 N–H and O–H groups in total. The molecule has 2 aromatic heterocycles. The number of ether oxygens (including phenoxy) is 1. The first-order chi connectivity index (χ1) is 14.7. The van der Waals surface area contributed by atoms with Crippen molar-refractivity contribution in [2.24, 2.45) is 0 Å². The monoisotopic (exact) mass is 418 g/mol. The Bertz CT molecular complexity index is 1110. The Balaban J connectivity index is 1.36. The van der Waals surface area contributed by atoms with E-state index in [1.165, 1.54) is 11.3 Å². The van der Waals surface area contributed by atoms with Gasteiger partial charge in [-0.25, -0.2) is 4.98 Å². The van der Waals surface area contributed by atoms with Crippen molar-refractivity contribution in [1.82, 2.24) is 20.1 Å². The normalized spacial score (nSPS) is 10.7. The lowest BCUT2D eigenvalue weighted by Gasteiger charge is -2.05. The SMILES string of the molecule is Cc1nc(-c2ccn(CCOc3ccccc3)n2)sc1C(=O)NCc1ccccc1. The van der Waals surface area contributed by atoms with E-state index in [2.05, 4.69) is 15.4 Å². The summed E-state index contributed by atoms with van der Waals surface area (Å²) in [5, 5.41) is 8.27. The molecule has 0 radical (unpaired) electrons. The summed E-state index contributed by atoms with van der Waals surface area (Å²) in [5.74, 6) is 0.724. The highest BCUT2D eigenvalue weighted by Gasteiger charge is 2.17. The van der Waals surface area contributed by atoms with Gasteiger partial charge in [0.05, 0.1) is 12.2 Å². The van der Waals surface area contributed by atoms with Gasteiger partial charge < -0.3 is 10.1 Å². The largest absolute Gasteiger partial charge is 0.492 e. The number of para-hydroxylation sites is 1. The maximum atomic E-state index is 12.6. The van der Waals surface area contributed by atoms with Crippen LogP contribution in [0.5, 0.6) is 5.75 Å². The zero-order valence-electron chi connectivity index (χ0n) is 16.6. The summed E-state index contributed by atoms with van der Waals surface area (Å²) >= 11 is 1.36. The van der Waals surface area contributed by atoms with Crippen molar-refractivity contribution in [1.29, 1.82) is 0 Å². The molecule has 4 rings (SSSR count). The van der Waals surface area contributed by atoms with Crippen LogP contribution in [-0.2, 0) is 13.1 Å². The number of nitrogens with zero attached hydrogens (tertiary/aromatic N) is 3. The van der Waals surface area contributed by atoms with E-state index in [1.54, 1.807) is 0 Å². The quantitative estimate of drug-likeness (QED) is 0.463. The van der Waals surface area contributed by atoms with Crippen molar-refractivity contribution in [3.8, 4) is 16.5 Å². The lowest BCUT2D eigenvalue weighted by atomic mass is 10.2. The highest BCUT2D eigenvalue weighted by atomic mass is 32.1. The molecule has 2 aromatic carbocycles. The number of hydrogen-bond donors (Lipinski definition) is 1. The summed E-state index contributed by atoms with van der Waals surface area (Å²) < 4.78 is 7.54. The van der Waals surface area contributed by atoms with Gasteiger partial charge in [-0.05, 0) is 30.7 Å². The average Bonchev–Trinajstić information content (AvgIpc) is 3.40. The zero-order chi connectivity index (χ0) is 20.8. The summed E-state index contributed by atoms with van der Waals surface area (Å²) in [7, 11) is 0. The Morgan fingerprint density at radius 2 is 1.80 bits per heavy atom. The van der Waals surface area contributed by atoms with Gasteiger partial charge in [0.25, 0.3) is 5.91 Å². The van der Waals surface area contributed by atoms with Crippen LogP contribution in [0.15, 0.2) is 72.9 Å². The Hall–Kier alpha value is -3.45. The van der Waals surface area contributed by atoms with E-state index >= 15 is 0 Å². The fourth-order valence-corrected chi connectivity index (χ4v) is 3.90. The average molecular weight is 419 g/mol. The van der Waals surface area contributed by atoms with Crippen LogP contribution in [0.2, 0.25) is 0 Å². The molecule has 0 saturated carbocycles. The molecule has 0 aliphatic heterocycles. The number of carbonyl (C=O) groups excluding carboxylic acids is 1. The van der Waals surface area contributed by atoms with Gasteiger partial charge in [0.1, 0.15) is 27.9 Å². The number of aromatic nitrogens is 3. The first kappa shape index (κ1) is 19.8. The van der Waals surface area contributed by atoms with Crippen LogP contribution in [-0.4, -0.2) is 27.3 Å². The van der Waals surface area contributed by atoms with Crippen molar-refractivity contribution >= 4 is 17.2 Å². The summed E-state index contributed by atoms with van der Waals surface area (Å²) in [5.41, 5.74) is 2.53. The van der Waals surface area contributed by atoms with Crippen LogP contribution in [0.25, 0.3) is 10.7 Å². The van der Waals surface area contributed by atoms with Gasteiger partial charge in [0.2, 0.25) is 0 Å². The molecule has 0 bridgehead atoms. The first-order valence-electron chi connectivity index (χ1n) is 9.70. The summed E-state index contributed by atoms with van der Waals surface area (Å²) in [6.45, 7) is 3.49. The number of aryl methyl sites for hydroxylation is 1. The molecule has 1 amide bonds. The molecule has 7 heteroatoms. The second-order valence-electron chi connectivity index (χ2n) is 6.73. The predicted octanol–water partition coefficient (Wildman–Crippen LogP) is 4.32. The van der Waals surface area contributed by atoms with Crippen LogP contribution in [0.1, 0.15) is 20.9 Å². The number of hydrogen-bond acceptors (Lipinski definition) is 5. The van der Waals surface area contributed by atoms with Crippen molar-refractivity contribution in [3.05, 3.63) is 89.1 Å². The lowest BCUT2D eigenvalue weighted by molar-refractivity contribution is 0.0954. The topological polar surface area (TPSA) is 69.0 Å². The van der Waals surface area contributed by atoms with Gasteiger partial charge in [-0.1, -0.05) is 48.5 Å². The zero-order valence-corrected chi connectivity index (χ0v) is 17.4. The molecule has 0 atom stereocenters. The number of carbonyl (C=O) groups is 1. The van der Waals surface area contributed by atoms with Crippen LogP contribution in [0.4, 0.5) is 0 Å². The Kier molecular flexibility index (Phi) is 6.20. The molecule has 0 spiro atoms. The third kappa shape index (κ3) is 4.93. The van der Waals surface area contributed by atoms with Crippen LogP contribution >= 0.6 is 11.3 Å². The van der Waals surface area contributed by atoms with Crippen LogP contribution in [0.3, 0.4) is 0 Å². The molecule has 30 heavy (non-hydrogen) atoms. The van der Waals surface area contributed by atoms with Crippen molar-refractivity contribution in [2.75, 3.05) is 6.61 Å². The molecular weight excluding hydrogens is 396 g/mol. The maximum absolute atomic E-state index is 12.6. The van der Waals surface area contributed by atoms with Crippen LogP contribution < -0.4 is 10.1 Å². The van der Waals surface area contributed by atoms with Gasteiger partial charge in [0.15, 0.2) is 0 Å². The van der Waals surface area contributed by atoms with E-state index in [0.29, 0.717) is 30.3 Å². The fraction of sp³-hybridized carbons (Fsp3) is 0.174. The molecule has 152 valence electrons. The number of rotatable bonds is 8. The van der Waals surface area contributed by atoms with Gasteiger partial charge in [-0.2, -0.15) is 5.10 Å². The second-order valence-corrected chi connectivity index (χ2v) is 7.73. The minimum atomic E-state index is -0.115. The maximum Gasteiger partial charge on any atom is 0.263 e. The number of thiazole rings is 1. The van der Waals surface area contributed by atoms with E-state index in [4.69, 9.17) is 4.74 Å². The number of benzene rings is 2. The van der Waals surface area contributed by atoms with Gasteiger partial charge in [-0.3, -0.25) is 9.48 Å². The highest BCUT2D eigenvalue weighted by Crippen LogP contribution is 2.26. The molecule has 6 nitrogen and oxygen atoms in total. The summed E-state index contributed by atoms with van der Waals surface area (Å²) in [4.78, 5) is 17.7. The highest BCUT2D eigenvalue weighted by molar-refractivity contribution is 7.17. The molecule has 0 aliphatic rings. The molecule has 0 fully saturated rings. The first-order valence-corrected chi connectivity index (χ1v) is 10.5. The van der Waals surface area contributed by atoms with E-state index in [9.17, 15) is 4.79 Å². The minimum absolute atomic E-state index is 0.115. The van der Waals surface area contributed by atoms with Crippen LogP contribution in [0, 0.1) is 6.92 Å². The molecule has 2 heterocycles. The van der Waals surface area contributed by atoms with E-state index < -0.39 is 0 Å². The van der Waals surface area contributed by atoms with Crippen molar-refractivity contribution in [2.45, 2.75) is 20.0 Å². The third-order valence-corrected chi connectivity index (χ3v) is 5.67. The molecule has 0 aliphatic carbocycles. The minimum Gasteiger partial charge on any atom is -0.492 e. The van der Waals surface area contributed by atoms with E-state index in [-0.39, 0.29) is 5.91 Å². The molecule has 0 unspecified atom stereocenters. The Labute approximate surface area is 179 Å². The predicted molar refractivity (Wildman–Crippen MR) is 118 cm³/mol. The summed E-state index contributed by atoms with van der Waals surface area (Å²) in [6.07, 6.45) is 1.90. The smallest absolute Gasteiger partial charge is 0.263 e. The fourth-order valence-electron chi connectivity index (χ4n) is 2.95. The molecule has 4 aromatic rings. The van der Waals surface area contributed by atoms with Gasteiger partial charge in [-0.15, -0.1) is 11.3 Å².